The third-order valence-corrected chi connectivity index (χ3v) is 3.11. The third kappa shape index (κ3) is 5.50. The molecule has 1 atom stereocenters. The summed E-state index contributed by atoms with van der Waals surface area (Å²) in [4.78, 5) is 12.1. The summed E-state index contributed by atoms with van der Waals surface area (Å²) >= 11 is 0. The van der Waals surface area contributed by atoms with E-state index in [0.29, 0.717) is 6.54 Å². The zero-order valence-electron chi connectivity index (χ0n) is 14.7. The van der Waals surface area contributed by atoms with Crippen LogP contribution in [-0.4, -0.2) is 27.3 Å². The maximum absolute atomic E-state index is 12.1. The predicted octanol–water partition coefficient (Wildman–Crippen LogP) is 2.11. The van der Waals surface area contributed by atoms with Crippen LogP contribution in [0.3, 0.4) is 0 Å². The predicted molar refractivity (Wildman–Crippen MR) is 86.1 cm³/mol. The molecule has 0 bridgehead atoms. The topological polar surface area (TPSA) is 59.0 Å². The summed E-state index contributed by atoms with van der Waals surface area (Å²) in [6, 6.07) is -0.239. The fourth-order valence-electron chi connectivity index (χ4n) is 2.13. The van der Waals surface area contributed by atoms with Crippen LogP contribution in [0, 0.1) is 0 Å². The molecule has 0 fully saturated rings. The van der Waals surface area contributed by atoms with Crippen molar-refractivity contribution in [1.29, 1.82) is 0 Å². The fourth-order valence-corrected chi connectivity index (χ4v) is 2.13. The number of nitrogens with one attached hydrogen (secondary N) is 2. The Kier molecular flexibility index (Phi) is 5.20. The van der Waals surface area contributed by atoms with Gasteiger partial charge in [0.05, 0.1) is 11.7 Å². The molecule has 1 aromatic heterocycles. The summed E-state index contributed by atoms with van der Waals surface area (Å²) in [6.45, 7) is 14.9. The molecule has 5 nitrogen and oxygen atoms in total. The Morgan fingerprint density at radius 2 is 1.86 bits per heavy atom. The summed E-state index contributed by atoms with van der Waals surface area (Å²) < 4.78 is 1.83. The van der Waals surface area contributed by atoms with Crippen LogP contribution in [0.2, 0.25) is 0 Å². The Balaban J connectivity index is 2.70. The fraction of sp³-hybridized carbons (Fsp3) is 0.750. The van der Waals surface area contributed by atoms with E-state index >= 15 is 0 Å². The van der Waals surface area contributed by atoms with Gasteiger partial charge >= 0.3 is 0 Å². The zero-order chi connectivity index (χ0) is 16.4. The second-order valence-corrected chi connectivity index (χ2v) is 7.77. The number of hydrogen-bond acceptors (Lipinski definition) is 3. The summed E-state index contributed by atoms with van der Waals surface area (Å²) in [7, 11) is 1.93. The van der Waals surface area contributed by atoms with E-state index < -0.39 is 0 Å². The maximum atomic E-state index is 12.1. The average Bonchev–Trinajstić information content (AvgIpc) is 2.64. The molecule has 2 N–H and O–H groups in total. The van der Waals surface area contributed by atoms with Crippen LogP contribution in [0.25, 0.3) is 0 Å². The molecule has 1 rings (SSSR count). The minimum atomic E-state index is -0.239. The molecule has 21 heavy (non-hydrogen) atoms. The molecule has 0 saturated heterocycles. The lowest BCUT2D eigenvalue weighted by Crippen LogP contribution is -2.49. The number of hydrogen-bond donors (Lipinski definition) is 2. The van der Waals surface area contributed by atoms with E-state index in [-0.39, 0.29) is 22.9 Å². The number of carbonyl (C=O) groups is 1. The molecule has 0 aliphatic rings. The van der Waals surface area contributed by atoms with Gasteiger partial charge in [0.25, 0.3) is 0 Å². The molecule has 1 heterocycles. The van der Waals surface area contributed by atoms with Gasteiger partial charge in [0, 0.05) is 36.3 Å². The first-order valence-electron chi connectivity index (χ1n) is 7.48. The van der Waals surface area contributed by atoms with Gasteiger partial charge in [0.15, 0.2) is 0 Å². The summed E-state index contributed by atoms with van der Waals surface area (Å²) in [6.07, 6.45) is 2.02. The standard InChI is InChI=1S/C16H30N4O/c1-11(14(21)18-16(5,6)7)17-9-12-10-20(8)19-13(12)15(2,3)4/h10-11,17H,9H2,1-8H3,(H,18,21). The highest BCUT2D eigenvalue weighted by Crippen LogP contribution is 2.24. The molecule has 5 heteroatoms. The van der Waals surface area contributed by atoms with Crippen LogP contribution in [0.1, 0.15) is 59.7 Å². The molecule has 1 unspecified atom stereocenters. The zero-order valence-corrected chi connectivity index (χ0v) is 14.7. The normalized spacial score (nSPS) is 14.1. The molecular formula is C16H30N4O. The van der Waals surface area contributed by atoms with Gasteiger partial charge in [-0.15, -0.1) is 0 Å². The van der Waals surface area contributed by atoms with E-state index in [9.17, 15) is 4.79 Å². The van der Waals surface area contributed by atoms with Crippen molar-refractivity contribution in [2.24, 2.45) is 7.05 Å². The maximum Gasteiger partial charge on any atom is 0.237 e. The lowest BCUT2D eigenvalue weighted by atomic mass is 9.89. The van der Waals surface area contributed by atoms with Crippen molar-refractivity contribution in [3.8, 4) is 0 Å². The van der Waals surface area contributed by atoms with Gasteiger partial charge in [-0.25, -0.2) is 0 Å². The van der Waals surface area contributed by atoms with Gasteiger partial charge in [-0.3, -0.25) is 9.48 Å². The van der Waals surface area contributed by atoms with Crippen molar-refractivity contribution in [3.63, 3.8) is 0 Å². The largest absolute Gasteiger partial charge is 0.350 e. The third-order valence-electron chi connectivity index (χ3n) is 3.11. The van der Waals surface area contributed by atoms with Gasteiger partial charge in [-0.2, -0.15) is 5.10 Å². The van der Waals surface area contributed by atoms with Gasteiger partial charge in [-0.1, -0.05) is 20.8 Å². The van der Waals surface area contributed by atoms with E-state index in [0.717, 1.165) is 11.3 Å². The molecule has 0 aliphatic heterocycles. The second kappa shape index (κ2) is 6.18. The van der Waals surface area contributed by atoms with Crippen molar-refractivity contribution in [3.05, 3.63) is 17.5 Å². The van der Waals surface area contributed by atoms with Crippen molar-refractivity contribution in [2.75, 3.05) is 0 Å². The van der Waals surface area contributed by atoms with E-state index in [1.54, 1.807) is 0 Å². The number of amides is 1. The molecule has 120 valence electrons. The molecule has 1 amide bonds. The molecule has 0 aliphatic carbocycles. The minimum absolute atomic E-state index is 0.00478. The quantitative estimate of drug-likeness (QED) is 0.894. The highest BCUT2D eigenvalue weighted by molar-refractivity contribution is 5.81. The molecule has 0 aromatic carbocycles. The van der Waals surface area contributed by atoms with Crippen LogP contribution in [0.15, 0.2) is 6.20 Å². The molecule has 0 spiro atoms. The van der Waals surface area contributed by atoms with E-state index in [1.807, 2.05) is 45.6 Å². The SMILES string of the molecule is CC(NCc1cn(C)nc1C(C)(C)C)C(=O)NC(C)(C)C. The van der Waals surface area contributed by atoms with Crippen LogP contribution in [0.4, 0.5) is 0 Å². The monoisotopic (exact) mass is 294 g/mol. The molecule has 0 radical (unpaired) electrons. The first kappa shape index (κ1) is 17.7. The number of rotatable bonds is 4. The van der Waals surface area contributed by atoms with Crippen LogP contribution in [0.5, 0.6) is 0 Å². The van der Waals surface area contributed by atoms with Gasteiger partial charge in [0.1, 0.15) is 0 Å². The summed E-state index contributed by atoms with van der Waals surface area (Å²) in [5.41, 5.74) is 1.99. The molecule has 1 aromatic rings. The Bertz CT molecular complexity index is 491. The van der Waals surface area contributed by atoms with Gasteiger partial charge in [-0.05, 0) is 27.7 Å². The second-order valence-electron chi connectivity index (χ2n) is 7.77. The Morgan fingerprint density at radius 1 is 1.29 bits per heavy atom. The minimum Gasteiger partial charge on any atom is -0.350 e. The van der Waals surface area contributed by atoms with Crippen LogP contribution >= 0.6 is 0 Å². The number of carbonyl (C=O) groups excluding carboxylic acids is 1. The number of aryl methyl sites for hydroxylation is 1. The number of nitrogens with zero attached hydrogens (tertiary/aromatic N) is 2. The lowest BCUT2D eigenvalue weighted by Gasteiger charge is -2.24. The highest BCUT2D eigenvalue weighted by Gasteiger charge is 2.23. The van der Waals surface area contributed by atoms with Crippen LogP contribution in [-0.2, 0) is 23.8 Å². The van der Waals surface area contributed by atoms with Gasteiger partial charge in [0.2, 0.25) is 5.91 Å². The first-order valence-corrected chi connectivity index (χ1v) is 7.48. The first-order chi connectivity index (χ1) is 9.40. The lowest BCUT2D eigenvalue weighted by molar-refractivity contribution is -0.124. The van der Waals surface area contributed by atoms with Crippen LogP contribution < -0.4 is 10.6 Å². The molecular weight excluding hydrogens is 264 g/mol. The van der Waals surface area contributed by atoms with E-state index in [2.05, 4.69) is 36.5 Å². The van der Waals surface area contributed by atoms with Crippen molar-refractivity contribution in [1.82, 2.24) is 20.4 Å². The van der Waals surface area contributed by atoms with E-state index in [4.69, 9.17) is 0 Å². The van der Waals surface area contributed by atoms with Crippen molar-refractivity contribution in [2.45, 2.75) is 72.0 Å². The smallest absolute Gasteiger partial charge is 0.237 e. The summed E-state index contributed by atoms with van der Waals surface area (Å²) in [5, 5.41) is 10.8. The highest BCUT2D eigenvalue weighted by atomic mass is 16.2. The van der Waals surface area contributed by atoms with Gasteiger partial charge < -0.3 is 10.6 Å². The van der Waals surface area contributed by atoms with E-state index in [1.165, 1.54) is 0 Å². The average molecular weight is 294 g/mol. The Hall–Kier alpha value is -1.36. The van der Waals surface area contributed by atoms with Crippen molar-refractivity contribution < 1.29 is 4.79 Å². The number of aromatic nitrogens is 2. The summed E-state index contributed by atoms with van der Waals surface area (Å²) in [5.74, 6) is 0.0173. The van der Waals surface area contributed by atoms with Crippen molar-refractivity contribution >= 4 is 5.91 Å². The Labute approximate surface area is 128 Å². The Morgan fingerprint density at radius 3 is 2.33 bits per heavy atom. The molecule has 0 saturated carbocycles.